The van der Waals surface area contributed by atoms with Crippen LogP contribution in [0.1, 0.15) is 48.0 Å². The van der Waals surface area contributed by atoms with E-state index in [2.05, 4.69) is 0 Å². The van der Waals surface area contributed by atoms with Crippen molar-refractivity contribution in [2.45, 2.75) is 50.4 Å². The molecule has 0 bridgehead atoms. The lowest BCUT2D eigenvalue weighted by Gasteiger charge is -2.36. The second kappa shape index (κ2) is 6.95. The number of carbonyl (C=O) groups is 2. The van der Waals surface area contributed by atoms with Gasteiger partial charge in [-0.25, -0.2) is 0 Å². The van der Waals surface area contributed by atoms with Crippen molar-refractivity contribution in [2.75, 3.05) is 5.75 Å². The molecule has 1 saturated carbocycles. The van der Waals surface area contributed by atoms with Crippen molar-refractivity contribution >= 4 is 23.6 Å². The normalized spacial score (nSPS) is 25.5. The number of aryl methyl sites for hydroxylation is 1. The molecule has 3 rings (SSSR count). The zero-order valence-corrected chi connectivity index (χ0v) is 14.2. The third-order valence-corrected chi connectivity index (χ3v) is 6.35. The summed E-state index contributed by atoms with van der Waals surface area (Å²) in [6.07, 6.45) is 5.74. The molecule has 0 radical (unpaired) electrons. The largest absolute Gasteiger partial charge is 0.548 e. The number of amides is 1. The maximum atomic E-state index is 12.9. The van der Waals surface area contributed by atoms with Crippen LogP contribution in [0.25, 0.3) is 0 Å². The van der Waals surface area contributed by atoms with Crippen LogP contribution in [-0.2, 0) is 4.79 Å². The van der Waals surface area contributed by atoms with Crippen molar-refractivity contribution in [2.24, 2.45) is 5.92 Å². The molecule has 1 aliphatic heterocycles. The summed E-state index contributed by atoms with van der Waals surface area (Å²) in [5, 5.41) is 11.5. The Morgan fingerprint density at radius 1 is 1.13 bits per heavy atom. The van der Waals surface area contributed by atoms with Gasteiger partial charge < -0.3 is 14.8 Å². The van der Waals surface area contributed by atoms with E-state index in [4.69, 9.17) is 0 Å². The van der Waals surface area contributed by atoms with E-state index in [-0.39, 0.29) is 11.3 Å². The topological polar surface area (TPSA) is 60.4 Å². The Kier molecular flexibility index (Phi) is 4.95. The lowest BCUT2D eigenvalue weighted by molar-refractivity contribution is -0.310. The molecule has 0 spiro atoms. The maximum Gasteiger partial charge on any atom is 0.255 e. The molecule has 4 nitrogen and oxygen atoms in total. The monoisotopic (exact) mass is 332 g/mol. The van der Waals surface area contributed by atoms with Crippen molar-refractivity contribution in [3.8, 4) is 0 Å². The van der Waals surface area contributed by atoms with Crippen LogP contribution in [0.2, 0.25) is 0 Å². The zero-order chi connectivity index (χ0) is 16.4. The van der Waals surface area contributed by atoms with E-state index >= 15 is 0 Å². The van der Waals surface area contributed by atoms with Gasteiger partial charge in [-0.2, -0.15) is 0 Å². The van der Waals surface area contributed by atoms with Crippen LogP contribution in [-0.4, -0.2) is 33.9 Å². The molecular formula is C18H22NO3S-. The summed E-state index contributed by atoms with van der Waals surface area (Å²) in [6.45, 7) is 1.97. The Morgan fingerprint density at radius 3 is 2.39 bits per heavy atom. The van der Waals surface area contributed by atoms with Crippen molar-refractivity contribution < 1.29 is 14.7 Å². The van der Waals surface area contributed by atoms with Gasteiger partial charge in [0.2, 0.25) is 0 Å². The minimum Gasteiger partial charge on any atom is -0.548 e. The minimum absolute atomic E-state index is 0.0352. The number of nitrogens with zero attached hydrogens (tertiary/aromatic N) is 1. The number of benzene rings is 1. The predicted octanol–water partition coefficient (Wildman–Crippen LogP) is 2.21. The Hall–Kier alpha value is -1.49. The summed E-state index contributed by atoms with van der Waals surface area (Å²) in [5.74, 6) is -0.496. The van der Waals surface area contributed by atoms with Crippen LogP contribution in [0.3, 0.4) is 0 Å². The van der Waals surface area contributed by atoms with E-state index < -0.39 is 12.0 Å². The summed E-state index contributed by atoms with van der Waals surface area (Å²) in [5.41, 5.74) is 1.64. The van der Waals surface area contributed by atoms with Crippen molar-refractivity contribution in [1.82, 2.24) is 4.90 Å². The molecule has 1 saturated heterocycles. The number of carboxylic acids is 1. The average molecular weight is 332 g/mol. The molecule has 0 aromatic heterocycles. The van der Waals surface area contributed by atoms with Crippen LogP contribution in [0.5, 0.6) is 0 Å². The van der Waals surface area contributed by atoms with E-state index in [9.17, 15) is 14.7 Å². The second-order valence-corrected chi connectivity index (χ2v) is 7.68. The lowest BCUT2D eigenvalue weighted by atomic mass is 9.88. The SMILES string of the molecule is Cc1ccc(C(=O)N2[C@H](C(=O)[O-])CS[C@H]2C2CCCCC2)cc1. The van der Waals surface area contributed by atoms with E-state index in [0.717, 1.165) is 18.4 Å². The summed E-state index contributed by atoms with van der Waals surface area (Å²) >= 11 is 1.60. The van der Waals surface area contributed by atoms with Gasteiger partial charge in [-0.05, 0) is 37.8 Å². The van der Waals surface area contributed by atoms with Gasteiger partial charge in [-0.3, -0.25) is 4.79 Å². The number of thioether (sulfide) groups is 1. The number of hydrogen-bond donors (Lipinski definition) is 0. The fourth-order valence-electron chi connectivity index (χ4n) is 3.59. The highest BCUT2D eigenvalue weighted by Gasteiger charge is 2.42. The molecule has 1 aromatic carbocycles. The summed E-state index contributed by atoms with van der Waals surface area (Å²) in [6, 6.07) is 6.52. The highest BCUT2D eigenvalue weighted by molar-refractivity contribution is 8.00. The Balaban J connectivity index is 1.87. The van der Waals surface area contributed by atoms with Gasteiger partial charge in [0, 0.05) is 11.3 Å². The first-order valence-electron chi connectivity index (χ1n) is 8.29. The number of rotatable bonds is 3. The van der Waals surface area contributed by atoms with Gasteiger partial charge in [0.05, 0.1) is 17.4 Å². The van der Waals surface area contributed by atoms with Crippen LogP contribution in [0, 0.1) is 12.8 Å². The molecule has 23 heavy (non-hydrogen) atoms. The summed E-state index contributed by atoms with van der Waals surface area (Å²) in [4.78, 5) is 26.0. The fourth-order valence-corrected chi connectivity index (χ4v) is 5.22. The van der Waals surface area contributed by atoms with Gasteiger partial charge in [-0.15, -0.1) is 11.8 Å². The molecule has 1 heterocycles. The van der Waals surface area contributed by atoms with E-state index in [1.807, 2.05) is 19.1 Å². The van der Waals surface area contributed by atoms with Crippen LogP contribution < -0.4 is 5.11 Å². The number of carbonyl (C=O) groups excluding carboxylic acids is 2. The molecular weight excluding hydrogens is 310 g/mol. The van der Waals surface area contributed by atoms with E-state index in [0.29, 0.717) is 17.2 Å². The third kappa shape index (κ3) is 3.39. The number of hydrogen-bond acceptors (Lipinski definition) is 4. The van der Waals surface area contributed by atoms with E-state index in [1.54, 1.807) is 28.8 Å². The predicted molar refractivity (Wildman–Crippen MR) is 89.0 cm³/mol. The van der Waals surface area contributed by atoms with E-state index in [1.165, 1.54) is 19.3 Å². The maximum absolute atomic E-state index is 12.9. The summed E-state index contributed by atoms with van der Waals surface area (Å²) in [7, 11) is 0. The first-order valence-corrected chi connectivity index (χ1v) is 9.34. The standard InChI is InChI=1S/C18H23NO3S/c1-12-7-9-13(10-8-12)16(20)19-15(18(21)22)11-23-17(19)14-5-3-2-4-6-14/h7-10,14-15,17H,2-6,11H2,1H3,(H,21,22)/p-1/t15-,17-/m0/s1. The van der Waals surface area contributed by atoms with Crippen LogP contribution >= 0.6 is 11.8 Å². The highest BCUT2D eigenvalue weighted by Crippen LogP contribution is 2.41. The molecule has 1 aliphatic carbocycles. The van der Waals surface area contributed by atoms with Crippen LogP contribution in [0.4, 0.5) is 0 Å². The molecule has 0 N–H and O–H groups in total. The molecule has 0 unspecified atom stereocenters. The van der Waals surface area contributed by atoms with Crippen molar-refractivity contribution in [3.05, 3.63) is 35.4 Å². The highest BCUT2D eigenvalue weighted by atomic mass is 32.2. The smallest absolute Gasteiger partial charge is 0.255 e. The molecule has 1 amide bonds. The van der Waals surface area contributed by atoms with Gasteiger partial charge in [0.25, 0.3) is 5.91 Å². The molecule has 2 fully saturated rings. The van der Waals surface area contributed by atoms with Gasteiger partial charge >= 0.3 is 0 Å². The quantitative estimate of drug-likeness (QED) is 0.851. The molecule has 2 aliphatic rings. The van der Waals surface area contributed by atoms with Gasteiger partial charge in [-0.1, -0.05) is 37.0 Å². The molecule has 1 aromatic rings. The Labute approximate surface area is 141 Å². The first kappa shape index (κ1) is 16.4. The average Bonchev–Trinajstić information content (AvgIpc) is 3.01. The van der Waals surface area contributed by atoms with Crippen LogP contribution in [0.15, 0.2) is 24.3 Å². The molecule has 124 valence electrons. The second-order valence-electron chi connectivity index (χ2n) is 6.54. The van der Waals surface area contributed by atoms with Crippen molar-refractivity contribution in [3.63, 3.8) is 0 Å². The Bertz CT molecular complexity index is 580. The number of carboxylic acid groups (broad SMARTS) is 1. The minimum atomic E-state index is -1.14. The first-order chi connectivity index (χ1) is 11.1. The zero-order valence-electron chi connectivity index (χ0n) is 13.4. The Morgan fingerprint density at radius 2 is 1.78 bits per heavy atom. The summed E-state index contributed by atoms with van der Waals surface area (Å²) < 4.78 is 0. The third-order valence-electron chi connectivity index (χ3n) is 4.89. The fraction of sp³-hybridized carbons (Fsp3) is 0.556. The molecule has 5 heteroatoms. The lowest BCUT2D eigenvalue weighted by Crippen LogP contribution is -2.52. The molecule has 2 atom stereocenters. The number of aliphatic carboxylic acids is 1. The van der Waals surface area contributed by atoms with Gasteiger partial charge in [0.1, 0.15) is 0 Å². The van der Waals surface area contributed by atoms with Gasteiger partial charge in [0.15, 0.2) is 0 Å². The van der Waals surface area contributed by atoms with Crippen molar-refractivity contribution in [1.29, 1.82) is 0 Å².